The van der Waals surface area contributed by atoms with Crippen LogP contribution in [-0.2, 0) is 0 Å². The fourth-order valence-corrected chi connectivity index (χ4v) is 1.80. The van der Waals surface area contributed by atoms with Crippen molar-refractivity contribution in [2.75, 3.05) is 11.6 Å². The maximum Gasteiger partial charge on any atom is 0.147 e. The summed E-state index contributed by atoms with van der Waals surface area (Å²) in [6.07, 6.45) is 4.64. The molecule has 2 nitrogen and oxygen atoms in total. The van der Waals surface area contributed by atoms with Crippen LogP contribution in [0.5, 0.6) is 0 Å². The van der Waals surface area contributed by atoms with Crippen molar-refractivity contribution in [1.82, 2.24) is 4.98 Å². The highest BCUT2D eigenvalue weighted by atomic mass is 28.3. The van der Waals surface area contributed by atoms with Gasteiger partial charge in [0, 0.05) is 5.69 Å². The van der Waals surface area contributed by atoms with Crippen LogP contribution >= 0.6 is 0 Å². The Hall–Kier alpha value is -0.833. The van der Waals surface area contributed by atoms with E-state index in [0.29, 0.717) is 0 Å². The van der Waals surface area contributed by atoms with Crippen molar-refractivity contribution in [3.63, 3.8) is 0 Å². The van der Waals surface area contributed by atoms with E-state index in [9.17, 15) is 0 Å². The van der Waals surface area contributed by atoms with Crippen LogP contribution in [0.1, 0.15) is 0 Å². The maximum absolute atomic E-state index is 3.97. The van der Waals surface area contributed by atoms with Gasteiger partial charge in [0.1, 0.15) is 8.24 Å². The zero-order valence-electron chi connectivity index (χ0n) is 8.13. The lowest BCUT2D eigenvalue weighted by Gasteiger charge is -2.31. The van der Waals surface area contributed by atoms with Crippen molar-refractivity contribution in [3.05, 3.63) is 24.5 Å². The molecule has 1 aromatic heterocycles. The third-order valence-corrected chi connectivity index (χ3v) is 4.26. The molecule has 0 aliphatic heterocycles. The van der Waals surface area contributed by atoms with E-state index in [0.717, 1.165) is 0 Å². The monoisotopic (exact) mass is 179 g/mol. The summed E-state index contributed by atoms with van der Waals surface area (Å²) >= 11 is 0. The van der Waals surface area contributed by atoms with Crippen molar-refractivity contribution >= 4 is 13.9 Å². The molecular weight excluding hydrogens is 164 g/mol. The summed E-state index contributed by atoms with van der Waals surface area (Å²) in [5.41, 5.74) is 1.19. The average Bonchev–Trinajstić information content (AvgIpc) is 2.03. The molecule has 1 aromatic rings. The molecular formula is C9H15N2Si. The largest absolute Gasteiger partial charge is 0.399 e. The molecule has 1 rings (SSSR count). The minimum atomic E-state index is -1.22. The normalized spacial score (nSPS) is 11.3. The Morgan fingerprint density at radius 2 is 2.08 bits per heavy atom. The molecule has 0 aromatic carbocycles. The quantitative estimate of drug-likeness (QED) is 0.647. The van der Waals surface area contributed by atoms with E-state index < -0.39 is 8.24 Å². The minimum Gasteiger partial charge on any atom is -0.399 e. The van der Waals surface area contributed by atoms with Gasteiger partial charge in [-0.25, -0.2) is 0 Å². The van der Waals surface area contributed by atoms with Crippen LogP contribution in [-0.4, -0.2) is 20.3 Å². The van der Waals surface area contributed by atoms with E-state index in [2.05, 4.69) is 42.4 Å². The molecule has 0 spiro atoms. The maximum atomic E-state index is 3.97. The first-order valence-corrected chi connectivity index (χ1v) is 7.52. The van der Waals surface area contributed by atoms with Crippen LogP contribution in [0.15, 0.2) is 18.3 Å². The molecule has 65 valence electrons. The molecule has 0 bridgehead atoms. The Kier molecular flexibility index (Phi) is 2.52. The molecule has 0 amide bonds. The Morgan fingerprint density at radius 3 is 2.50 bits per heavy atom. The third-order valence-electron chi connectivity index (χ3n) is 1.99. The number of pyridine rings is 1. The zero-order chi connectivity index (χ0) is 9.19. The lowest BCUT2D eigenvalue weighted by molar-refractivity contribution is 1.20. The zero-order valence-corrected chi connectivity index (χ0v) is 9.13. The number of aromatic nitrogens is 1. The second-order valence-electron chi connectivity index (χ2n) is 3.88. The van der Waals surface area contributed by atoms with Gasteiger partial charge in [0.05, 0.1) is 12.4 Å². The van der Waals surface area contributed by atoms with Gasteiger partial charge < -0.3 is 4.57 Å². The molecule has 0 unspecified atom stereocenters. The Labute approximate surface area is 75.3 Å². The topological polar surface area (TPSA) is 16.1 Å². The van der Waals surface area contributed by atoms with Gasteiger partial charge in [0.15, 0.2) is 0 Å². The van der Waals surface area contributed by atoms with Gasteiger partial charge in [-0.15, -0.1) is 0 Å². The van der Waals surface area contributed by atoms with Crippen molar-refractivity contribution in [1.29, 1.82) is 0 Å². The summed E-state index contributed by atoms with van der Waals surface area (Å²) in [7, 11) is 0.906. The van der Waals surface area contributed by atoms with Gasteiger partial charge in [-0.2, -0.15) is 0 Å². The number of rotatable bonds is 2. The van der Waals surface area contributed by atoms with Gasteiger partial charge in [0.2, 0.25) is 0 Å². The van der Waals surface area contributed by atoms with Crippen LogP contribution in [0.2, 0.25) is 19.6 Å². The summed E-state index contributed by atoms with van der Waals surface area (Å²) < 4.78 is 2.33. The molecule has 1 heterocycles. The second-order valence-corrected chi connectivity index (χ2v) is 8.89. The van der Waals surface area contributed by atoms with E-state index in [1.807, 2.05) is 18.3 Å². The van der Waals surface area contributed by atoms with E-state index in [1.165, 1.54) is 5.69 Å². The molecule has 0 saturated carbocycles. The Morgan fingerprint density at radius 1 is 1.42 bits per heavy atom. The van der Waals surface area contributed by atoms with Crippen LogP contribution in [0.4, 0.5) is 5.69 Å². The van der Waals surface area contributed by atoms with Gasteiger partial charge in [-0.3, -0.25) is 4.98 Å². The summed E-state index contributed by atoms with van der Waals surface area (Å²) in [6.45, 7) is 6.93. The SMILES string of the molecule is CN(c1cc[c]nc1)[Si](C)(C)C. The van der Waals surface area contributed by atoms with Crippen molar-refractivity contribution in [3.8, 4) is 0 Å². The first-order valence-electron chi connectivity index (χ1n) is 4.08. The van der Waals surface area contributed by atoms with Crippen LogP contribution in [0.3, 0.4) is 0 Å². The number of hydrogen-bond acceptors (Lipinski definition) is 2. The van der Waals surface area contributed by atoms with E-state index >= 15 is 0 Å². The number of nitrogens with zero attached hydrogens (tertiary/aromatic N) is 2. The number of hydrogen-bond donors (Lipinski definition) is 0. The third kappa shape index (κ3) is 2.07. The van der Waals surface area contributed by atoms with E-state index in [4.69, 9.17) is 0 Å². The molecule has 3 heteroatoms. The van der Waals surface area contributed by atoms with Gasteiger partial charge in [0.25, 0.3) is 0 Å². The fraction of sp³-hybridized carbons (Fsp3) is 0.444. The highest BCUT2D eigenvalue weighted by Crippen LogP contribution is 2.16. The van der Waals surface area contributed by atoms with E-state index in [1.54, 1.807) is 0 Å². The predicted molar refractivity (Wildman–Crippen MR) is 54.8 cm³/mol. The molecule has 0 N–H and O–H groups in total. The Bertz CT molecular complexity index is 240. The van der Waals surface area contributed by atoms with E-state index in [-0.39, 0.29) is 0 Å². The van der Waals surface area contributed by atoms with Crippen molar-refractivity contribution in [2.45, 2.75) is 19.6 Å². The van der Waals surface area contributed by atoms with Crippen LogP contribution in [0.25, 0.3) is 0 Å². The van der Waals surface area contributed by atoms with Gasteiger partial charge >= 0.3 is 0 Å². The van der Waals surface area contributed by atoms with Crippen molar-refractivity contribution < 1.29 is 0 Å². The number of anilines is 1. The average molecular weight is 179 g/mol. The molecule has 0 fully saturated rings. The standard InChI is InChI=1S/C9H15N2Si/c1-11(12(2,3)4)9-6-5-7-10-8-9/h5-6,8H,1-4H3. The summed E-state index contributed by atoms with van der Waals surface area (Å²) in [6, 6.07) is 3.90. The second kappa shape index (κ2) is 3.27. The van der Waals surface area contributed by atoms with Crippen LogP contribution < -0.4 is 4.57 Å². The summed E-state index contributed by atoms with van der Waals surface area (Å²) in [4.78, 5) is 3.97. The molecule has 0 atom stereocenters. The molecule has 0 saturated heterocycles. The fourth-order valence-electron chi connectivity index (χ4n) is 0.898. The smallest absolute Gasteiger partial charge is 0.147 e. The highest BCUT2D eigenvalue weighted by Gasteiger charge is 2.20. The van der Waals surface area contributed by atoms with Crippen LogP contribution in [0, 0.1) is 6.20 Å². The van der Waals surface area contributed by atoms with Gasteiger partial charge in [-0.1, -0.05) is 19.6 Å². The highest BCUT2D eigenvalue weighted by molar-refractivity contribution is 6.79. The first kappa shape index (κ1) is 9.26. The first-order chi connectivity index (χ1) is 5.52. The van der Waals surface area contributed by atoms with Gasteiger partial charge in [-0.05, 0) is 19.2 Å². The molecule has 0 aliphatic rings. The lowest BCUT2D eigenvalue weighted by atomic mass is 10.4. The minimum absolute atomic E-state index is 1.19. The Balaban J connectivity index is 2.86. The predicted octanol–water partition coefficient (Wildman–Crippen LogP) is 2.15. The van der Waals surface area contributed by atoms with Crippen molar-refractivity contribution in [2.24, 2.45) is 0 Å². The molecule has 0 aliphatic carbocycles. The lowest BCUT2D eigenvalue weighted by Crippen LogP contribution is -2.43. The summed E-state index contributed by atoms with van der Waals surface area (Å²) in [5, 5.41) is 0. The molecule has 1 radical (unpaired) electrons. The molecule has 12 heavy (non-hydrogen) atoms. The summed E-state index contributed by atoms with van der Waals surface area (Å²) in [5.74, 6) is 0.